The number of hydrogen-bond acceptors (Lipinski definition) is 2. The SMILES string of the molecule is N#C[C+]1CC2CCC1(C#N)C2. The van der Waals surface area contributed by atoms with Gasteiger partial charge in [-0.1, -0.05) is 0 Å². The Morgan fingerprint density at radius 2 is 2.27 bits per heavy atom. The van der Waals surface area contributed by atoms with Crippen molar-refractivity contribution in [3.8, 4) is 12.1 Å². The van der Waals surface area contributed by atoms with Crippen LogP contribution in [0.5, 0.6) is 0 Å². The molecule has 2 fully saturated rings. The van der Waals surface area contributed by atoms with Crippen molar-refractivity contribution in [3.05, 3.63) is 5.92 Å². The topological polar surface area (TPSA) is 47.6 Å². The first-order valence-electron chi connectivity index (χ1n) is 3.98. The summed E-state index contributed by atoms with van der Waals surface area (Å²) in [6.07, 6.45) is 3.92. The second kappa shape index (κ2) is 1.92. The molecule has 0 radical (unpaired) electrons. The summed E-state index contributed by atoms with van der Waals surface area (Å²) in [6, 6.07) is 4.49. The van der Waals surface area contributed by atoms with Gasteiger partial charge in [0.2, 0.25) is 11.3 Å². The van der Waals surface area contributed by atoms with E-state index < -0.39 is 0 Å². The number of nitriles is 2. The van der Waals surface area contributed by atoms with E-state index in [9.17, 15) is 0 Å². The van der Waals surface area contributed by atoms with Crippen molar-refractivity contribution in [2.45, 2.75) is 25.7 Å². The van der Waals surface area contributed by atoms with Crippen LogP contribution in [0.3, 0.4) is 0 Å². The highest BCUT2D eigenvalue weighted by Gasteiger charge is 2.63. The third kappa shape index (κ3) is 0.672. The molecule has 0 aromatic carbocycles. The molecule has 0 saturated heterocycles. The Morgan fingerprint density at radius 3 is 2.73 bits per heavy atom. The van der Waals surface area contributed by atoms with Crippen LogP contribution in [0.4, 0.5) is 0 Å². The molecule has 2 saturated carbocycles. The van der Waals surface area contributed by atoms with Gasteiger partial charge in [0.1, 0.15) is 12.5 Å². The lowest BCUT2D eigenvalue weighted by Crippen LogP contribution is -2.19. The van der Waals surface area contributed by atoms with Gasteiger partial charge in [0.15, 0.2) is 0 Å². The maximum atomic E-state index is 8.92. The van der Waals surface area contributed by atoms with Gasteiger partial charge in [-0.25, -0.2) is 0 Å². The molecule has 0 aromatic rings. The quantitative estimate of drug-likeness (QED) is 0.488. The largest absolute Gasteiger partial charge is 0.292 e. The Kier molecular flexibility index (Phi) is 1.14. The summed E-state index contributed by atoms with van der Waals surface area (Å²) in [4.78, 5) is 0. The number of hydrogen-bond donors (Lipinski definition) is 0. The van der Waals surface area contributed by atoms with Crippen molar-refractivity contribution in [1.82, 2.24) is 0 Å². The number of nitrogens with zero attached hydrogens (tertiary/aromatic N) is 2. The molecule has 0 amide bonds. The minimum atomic E-state index is -0.320. The Bertz CT molecular complexity index is 258. The maximum absolute atomic E-state index is 8.92. The molecule has 0 heterocycles. The monoisotopic (exact) mass is 145 g/mol. The van der Waals surface area contributed by atoms with Crippen molar-refractivity contribution >= 4 is 0 Å². The highest BCUT2D eigenvalue weighted by Crippen LogP contribution is 2.58. The van der Waals surface area contributed by atoms with E-state index in [2.05, 4.69) is 12.1 Å². The molecule has 0 spiro atoms. The molecule has 0 N–H and O–H groups in total. The lowest BCUT2D eigenvalue weighted by molar-refractivity contribution is 0.459. The summed E-state index contributed by atoms with van der Waals surface area (Å²) in [5.41, 5.74) is -0.320. The molecule has 2 unspecified atom stereocenters. The fourth-order valence-electron chi connectivity index (χ4n) is 2.40. The second-order valence-electron chi connectivity index (χ2n) is 3.60. The van der Waals surface area contributed by atoms with E-state index >= 15 is 0 Å². The molecule has 0 aliphatic heterocycles. The maximum Gasteiger partial charge on any atom is 0.292 e. The molecule has 2 nitrogen and oxygen atoms in total. The molecule has 2 aliphatic carbocycles. The first-order valence-corrected chi connectivity index (χ1v) is 3.98. The predicted molar refractivity (Wildman–Crippen MR) is 38.9 cm³/mol. The Morgan fingerprint density at radius 1 is 1.45 bits per heavy atom. The molecular weight excluding hydrogens is 136 g/mol. The zero-order chi connectivity index (χ0) is 7.90. The third-order valence-electron chi connectivity index (χ3n) is 3.04. The fraction of sp³-hybridized carbons (Fsp3) is 0.667. The normalized spacial score (nSPS) is 40.2. The van der Waals surface area contributed by atoms with Gasteiger partial charge in [0.05, 0.1) is 0 Å². The molecule has 2 atom stereocenters. The molecular formula is C9H9N2+. The minimum absolute atomic E-state index is 0.320. The summed E-state index contributed by atoms with van der Waals surface area (Å²) in [6.45, 7) is 0. The molecule has 2 bridgehead atoms. The standard InChI is InChI=1S/C9H9N2/c10-5-8-3-7-1-2-9(8,4-7)6-11/h7H,1-4H2/q+1. The van der Waals surface area contributed by atoms with Crippen molar-refractivity contribution in [3.63, 3.8) is 0 Å². The van der Waals surface area contributed by atoms with Crippen LogP contribution in [0, 0.1) is 39.9 Å². The van der Waals surface area contributed by atoms with Crippen LogP contribution in [0.15, 0.2) is 0 Å². The third-order valence-corrected chi connectivity index (χ3v) is 3.04. The molecule has 54 valence electrons. The van der Waals surface area contributed by atoms with Crippen LogP contribution >= 0.6 is 0 Å². The summed E-state index contributed by atoms with van der Waals surface area (Å²) < 4.78 is 0. The molecule has 2 heteroatoms. The van der Waals surface area contributed by atoms with Crippen LogP contribution < -0.4 is 0 Å². The van der Waals surface area contributed by atoms with Crippen molar-refractivity contribution in [2.24, 2.45) is 11.3 Å². The second-order valence-corrected chi connectivity index (χ2v) is 3.60. The summed E-state index contributed by atoms with van der Waals surface area (Å²) in [5.74, 6) is 1.49. The summed E-state index contributed by atoms with van der Waals surface area (Å²) in [7, 11) is 0. The molecule has 0 aromatic heterocycles. The average Bonchev–Trinajstić information content (AvgIpc) is 2.60. The molecule has 2 aliphatic rings. The van der Waals surface area contributed by atoms with Crippen LogP contribution in [-0.2, 0) is 0 Å². The smallest absolute Gasteiger partial charge is 0.193 e. The van der Waals surface area contributed by atoms with Gasteiger partial charge < -0.3 is 0 Å². The van der Waals surface area contributed by atoms with Crippen molar-refractivity contribution in [2.75, 3.05) is 0 Å². The first kappa shape index (κ1) is 6.55. The Hall–Kier alpha value is -1.15. The fourth-order valence-corrected chi connectivity index (χ4v) is 2.40. The van der Waals surface area contributed by atoms with Crippen LogP contribution in [-0.4, -0.2) is 0 Å². The van der Waals surface area contributed by atoms with Crippen molar-refractivity contribution < 1.29 is 0 Å². The van der Waals surface area contributed by atoms with E-state index in [1.807, 2.05) is 0 Å². The van der Waals surface area contributed by atoms with Crippen LogP contribution in [0.1, 0.15) is 25.7 Å². The van der Waals surface area contributed by atoms with Gasteiger partial charge in [-0.2, -0.15) is 5.26 Å². The van der Waals surface area contributed by atoms with E-state index in [4.69, 9.17) is 10.5 Å². The number of fused-ring (bicyclic) bond motifs is 2. The minimum Gasteiger partial charge on any atom is -0.193 e. The Labute approximate surface area is 66.4 Å². The van der Waals surface area contributed by atoms with Gasteiger partial charge in [0.25, 0.3) is 6.07 Å². The summed E-state index contributed by atoms with van der Waals surface area (Å²) in [5, 5.41) is 17.7. The van der Waals surface area contributed by atoms with E-state index in [1.54, 1.807) is 0 Å². The lowest BCUT2D eigenvalue weighted by Gasteiger charge is -2.10. The van der Waals surface area contributed by atoms with E-state index in [-0.39, 0.29) is 5.41 Å². The molecule has 11 heavy (non-hydrogen) atoms. The van der Waals surface area contributed by atoms with Gasteiger partial charge in [-0.05, 0) is 6.42 Å². The lowest BCUT2D eigenvalue weighted by atomic mass is 9.77. The van der Waals surface area contributed by atoms with Gasteiger partial charge in [-0.3, -0.25) is 0 Å². The van der Waals surface area contributed by atoms with Gasteiger partial charge >= 0.3 is 0 Å². The first-order chi connectivity index (χ1) is 5.30. The Balaban J connectivity index is 2.32. The van der Waals surface area contributed by atoms with Crippen LogP contribution in [0.25, 0.3) is 0 Å². The van der Waals surface area contributed by atoms with Gasteiger partial charge in [-0.15, -0.1) is 5.26 Å². The number of rotatable bonds is 0. The zero-order valence-corrected chi connectivity index (χ0v) is 6.30. The summed E-state index contributed by atoms with van der Waals surface area (Å²) >= 11 is 0. The molecule has 2 rings (SSSR count). The highest BCUT2D eigenvalue weighted by atomic mass is 14.6. The van der Waals surface area contributed by atoms with Gasteiger partial charge in [0, 0.05) is 18.8 Å². The van der Waals surface area contributed by atoms with E-state index in [0.717, 1.165) is 31.6 Å². The predicted octanol–water partition coefficient (Wildman–Crippen LogP) is 1.80. The van der Waals surface area contributed by atoms with E-state index in [1.165, 1.54) is 0 Å². The zero-order valence-electron chi connectivity index (χ0n) is 6.30. The average molecular weight is 145 g/mol. The van der Waals surface area contributed by atoms with Crippen molar-refractivity contribution in [1.29, 1.82) is 10.5 Å². The highest BCUT2D eigenvalue weighted by molar-refractivity contribution is 5.34. The van der Waals surface area contributed by atoms with Crippen LogP contribution in [0.2, 0.25) is 0 Å². The van der Waals surface area contributed by atoms with E-state index in [0.29, 0.717) is 5.92 Å².